The Hall–Kier alpha value is -1.09. The van der Waals surface area contributed by atoms with Crippen LogP contribution in [-0.4, -0.2) is 8.32 Å². The molecule has 1 nitrogen and oxygen atoms in total. The maximum atomic E-state index is 13.0. The fourth-order valence-electron chi connectivity index (χ4n) is 1.26. The summed E-state index contributed by atoms with van der Waals surface area (Å²) in [5.41, 5.74) is 0.968. The van der Waals surface area contributed by atoms with Gasteiger partial charge in [-0.3, -0.25) is 0 Å². The molecule has 0 saturated heterocycles. The monoisotopic (exact) mass is 238 g/mol. The van der Waals surface area contributed by atoms with Crippen molar-refractivity contribution >= 4 is 8.32 Å². The van der Waals surface area contributed by atoms with Gasteiger partial charge in [0.2, 0.25) is 8.32 Å². The smallest absolute Gasteiger partial charge is 0.241 e. The molecule has 0 amide bonds. The van der Waals surface area contributed by atoms with Gasteiger partial charge >= 0.3 is 0 Å². The van der Waals surface area contributed by atoms with Crippen molar-refractivity contribution in [3.63, 3.8) is 0 Å². The van der Waals surface area contributed by atoms with Crippen molar-refractivity contribution in [3.05, 3.63) is 48.0 Å². The summed E-state index contributed by atoms with van der Waals surface area (Å²) in [7, 11) is -1.50. The Balaban J connectivity index is 2.62. The highest BCUT2D eigenvalue weighted by Crippen LogP contribution is 2.17. The first-order valence-electron chi connectivity index (χ1n) is 5.48. The molecule has 0 aliphatic heterocycles. The van der Waals surface area contributed by atoms with Crippen molar-refractivity contribution in [1.82, 2.24) is 0 Å². The van der Waals surface area contributed by atoms with Crippen LogP contribution in [0.3, 0.4) is 0 Å². The van der Waals surface area contributed by atoms with Gasteiger partial charge in [-0.25, -0.2) is 4.39 Å². The Kier molecular flexibility index (Phi) is 4.30. The zero-order valence-corrected chi connectivity index (χ0v) is 11.3. The first-order valence-corrected chi connectivity index (χ1v) is 8.89. The second-order valence-electron chi connectivity index (χ2n) is 4.90. The molecule has 0 spiro atoms. The van der Waals surface area contributed by atoms with E-state index in [0.29, 0.717) is 0 Å². The molecule has 1 aromatic carbocycles. The van der Waals surface area contributed by atoms with Crippen LogP contribution in [0.15, 0.2) is 36.6 Å². The van der Waals surface area contributed by atoms with E-state index in [2.05, 4.69) is 19.6 Å². The zero-order valence-electron chi connectivity index (χ0n) is 10.3. The number of benzene rings is 1. The van der Waals surface area contributed by atoms with Gasteiger partial charge in [0.1, 0.15) is 5.82 Å². The molecule has 1 rings (SSSR count). The molecule has 1 unspecified atom stereocenters. The van der Waals surface area contributed by atoms with Crippen LogP contribution in [-0.2, 0) is 4.43 Å². The summed E-state index contributed by atoms with van der Waals surface area (Å²) in [5.74, 6) is -0.0177. The summed E-state index contributed by atoms with van der Waals surface area (Å²) in [6.07, 6.45) is 3.72. The second-order valence-corrected chi connectivity index (χ2v) is 9.36. The molecular weight excluding hydrogens is 219 g/mol. The highest BCUT2D eigenvalue weighted by atomic mass is 28.4. The molecule has 0 radical (unpaired) electrons. The predicted molar refractivity (Wildman–Crippen MR) is 68.4 cm³/mol. The Morgan fingerprint density at radius 1 is 1.31 bits per heavy atom. The lowest BCUT2D eigenvalue weighted by atomic mass is 10.0. The summed E-state index contributed by atoms with van der Waals surface area (Å²) >= 11 is 0. The normalized spacial score (nSPS) is 14.1. The summed E-state index contributed by atoms with van der Waals surface area (Å²) in [6, 6.07) is 6.67. The molecular formula is C13H19FOSi. The average Bonchev–Trinajstić information content (AvgIpc) is 2.15. The lowest BCUT2D eigenvalue weighted by molar-refractivity contribution is 0.475. The summed E-state index contributed by atoms with van der Waals surface area (Å²) in [5, 5.41) is 0. The number of hydrogen-bond donors (Lipinski definition) is 0. The Labute approximate surface area is 98.1 Å². The predicted octanol–water partition coefficient (Wildman–Crippen LogP) is 4.29. The van der Waals surface area contributed by atoms with Gasteiger partial charge in [0, 0.05) is 5.92 Å². The fraction of sp³-hybridized carbons (Fsp3) is 0.385. The van der Waals surface area contributed by atoms with Gasteiger partial charge in [0.25, 0.3) is 0 Å². The van der Waals surface area contributed by atoms with Crippen LogP contribution in [0.2, 0.25) is 19.6 Å². The Morgan fingerprint density at radius 2 is 2.00 bits per heavy atom. The van der Waals surface area contributed by atoms with Crippen LogP contribution >= 0.6 is 0 Å². The quantitative estimate of drug-likeness (QED) is 0.561. The van der Waals surface area contributed by atoms with Gasteiger partial charge < -0.3 is 4.43 Å². The molecule has 0 aliphatic carbocycles. The number of allylic oxidation sites excluding steroid dienone is 1. The highest BCUT2D eigenvalue weighted by Gasteiger charge is 2.13. The third-order valence-corrected chi connectivity index (χ3v) is 3.01. The molecule has 3 heteroatoms. The van der Waals surface area contributed by atoms with Crippen molar-refractivity contribution in [2.45, 2.75) is 32.5 Å². The van der Waals surface area contributed by atoms with Crippen molar-refractivity contribution in [2.75, 3.05) is 0 Å². The van der Waals surface area contributed by atoms with E-state index in [4.69, 9.17) is 4.43 Å². The maximum Gasteiger partial charge on any atom is 0.241 e. The third-order valence-electron chi connectivity index (χ3n) is 2.16. The number of rotatable bonds is 4. The number of halogens is 1. The molecule has 88 valence electrons. The second kappa shape index (κ2) is 5.30. The van der Waals surface area contributed by atoms with Crippen molar-refractivity contribution in [3.8, 4) is 0 Å². The molecule has 0 heterocycles. The fourth-order valence-corrected chi connectivity index (χ4v) is 1.75. The topological polar surface area (TPSA) is 9.23 Å². The van der Waals surface area contributed by atoms with E-state index in [0.717, 1.165) is 5.56 Å². The van der Waals surface area contributed by atoms with E-state index in [1.165, 1.54) is 6.07 Å². The molecule has 1 atom stereocenters. The SMILES string of the molecule is CC(/C=C/O[Si](C)(C)C)c1cccc(F)c1. The molecule has 0 aromatic heterocycles. The third kappa shape index (κ3) is 4.62. The van der Waals surface area contributed by atoms with Crippen LogP contribution in [0.1, 0.15) is 18.4 Å². The van der Waals surface area contributed by atoms with Crippen LogP contribution in [0.4, 0.5) is 4.39 Å². The van der Waals surface area contributed by atoms with Gasteiger partial charge in [-0.2, -0.15) is 0 Å². The maximum absolute atomic E-state index is 13.0. The first-order chi connectivity index (χ1) is 7.38. The van der Waals surface area contributed by atoms with Crippen molar-refractivity contribution < 1.29 is 8.82 Å². The van der Waals surface area contributed by atoms with Crippen LogP contribution in [0.25, 0.3) is 0 Å². The standard InChI is InChI=1S/C13H19FOSi/c1-11(8-9-15-16(2,3)4)12-6-5-7-13(14)10-12/h5-11H,1-4H3/b9-8+. The minimum Gasteiger partial charge on any atom is -0.550 e. The van der Waals surface area contributed by atoms with E-state index >= 15 is 0 Å². The molecule has 0 bridgehead atoms. The molecule has 16 heavy (non-hydrogen) atoms. The van der Waals surface area contributed by atoms with E-state index in [1.54, 1.807) is 18.4 Å². The Morgan fingerprint density at radius 3 is 2.56 bits per heavy atom. The largest absolute Gasteiger partial charge is 0.550 e. The lowest BCUT2D eigenvalue weighted by Gasteiger charge is -2.15. The van der Waals surface area contributed by atoms with Gasteiger partial charge in [-0.15, -0.1) is 0 Å². The van der Waals surface area contributed by atoms with E-state index < -0.39 is 8.32 Å². The van der Waals surface area contributed by atoms with Gasteiger partial charge in [-0.05, 0) is 43.4 Å². The van der Waals surface area contributed by atoms with Crippen LogP contribution in [0, 0.1) is 5.82 Å². The van der Waals surface area contributed by atoms with Crippen LogP contribution in [0.5, 0.6) is 0 Å². The molecule has 0 aliphatic rings. The number of hydrogen-bond acceptors (Lipinski definition) is 1. The van der Waals surface area contributed by atoms with Gasteiger partial charge in [0.05, 0.1) is 6.26 Å². The lowest BCUT2D eigenvalue weighted by Crippen LogP contribution is -2.22. The average molecular weight is 238 g/mol. The minimum absolute atomic E-state index is 0.173. The Bertz CT molecular complexity index is 368. The molecule has 1 aromatic rings. The van der Waals surface area contributed by atoms with Gasteiger partial charge in [0.15, 0.2) is 0 Å². The van der Waals surface area contributed by atoms with E-state index in [9.17, 15) is 4.39 Å². The molecule has 0 saturated carbocycles. The molecule has 0 fully saturated rings. The van der Waals surface area contributed by atoms with Crippen molar-refractivity contribution in [1.29, 1.82) is 0 Å². The zero-order chi connectivity index (χ0) is 12.2. The molecule has 0 N–H and O–H groups in total. The van der Waals surface area contributed by atoms with Crippen molar-refractivity contribution in [2.24, 2.45) is 0 Å². The highest BCUT2D eigenvalue weighted by molar-refractivity contribution is 6.69. The van der Waals surface area contributed by atoms with Crippen LogP contribution < -0.4 is 0 Å². The van der Waals surface area contributed by atoms with E-state index in [-0.39, 0.29) is 11.7 Å². The summed E-state index contributed by atoms with van der Waals surface area (Å²) < 4.78 is 18.6. The van der Waals surface area contributed by atoms with E-state index in [1.807, 2.05) is 19.1 Å². The summed E-state index contributed by atoms with van der Waals surface area (Å²) in [4.78, 5) is 0. The minimum atomic E-state index is -1.50. The first kappa shape index (κ1) is 13.0. The van der Waals surface area contributed by atoms with Gasteiger partial charge in [-0.1, -0.05) is 19.1 Å². The summed E-state index contributed by atoms with van der Waals surface area (Å²) in [6.45, 7) is 8.41.